The topological polar surface area (TPSA) is 97.2 Å². The second-order valence-corrected chi connectivity index (χ2v) is 5.08. The van der Waals surface area contributed by atoms with E-state index in [1.165, 1.54) is 0 Å². The molecule has 0 saturated heterocycles. The molecule has 0 fully saturated rings. The van der Waals surface area contributed by atoms with Gasteiger partial charge in [0.15, 0.2) is 11.6 Å². The molecule has 0 atom stereocenters. The summed E-state index contributed by atoms with van der Waals surface area (Å²) >= 11 is 0. The van der Waals surface area contributed by atoms with E-state index < -0.39 is 6.09 Å². The predicted octanol–water partition coefficient (Wildman–Crippen LogP) is 3.69. The number of nitrogens with zero attached hydrogens (tertiary/aromatic N) is 3. The highest BCUT2D eigenvalue weighted by Crippen LogP contribution is 2.29. The van der Waals surface area contributed by atoms with Crippen LogP contribution in [0.3, 0.4) is 0 Å². The number of ether oxygens (including phenoxy) is 1. The molecule has 1 aromatic carbocycles. The van der Waals surface area contributed by atoms with Crippen LogP contribution in [0.25, 0.3) is 22.6 Å². The predicted molar refractivity (Wildman–Crippen MR) is 93.5 cm³/mol. The summed E-state index contributed by atoms with van der Waals surface area (Å²) in [6, 6.07) is 10.6. The zero-order valence-electron chi connectivity index (χ0n) is 13.5. The highest BCUT2D eigenvalue weighted by Gasteiger charge is 2.12. The summed E-state index contributed by atoms with van der Waals surface area (Å²) in [5.74, 6) is 1.12. The summed E-state index contributed by atoms with van der Waals surface area (Å²) in [6.45, 7) is 2.41. The van der Waals surface area contributed by atoms with E-state index in [0.717, 1.165) is 11.1 Å². The normalized spacial score (nSPS) is 10.3. The van der Waals surface area contributed by atoms with E-state index in [2.05, 4.69) is 20.3 Å². The van der Waals surface area contributed by atoms with Crippen LogP contribution in [0.5, 0.6) is 5.75 Å². The largest absolute Gasteiger partial charge is 0.490 e. The van der Waals surface area contributed by atoms with Crippen molar-refractivity contribution in [2.45, 2.75) is 6.92 Å². The molecule has 0 radical (unpaired) electrons. The fourth-order valence-electron chi connectivity index (χ4n) is 2.31. The number of amides is 1. The van der Waals surface area contributed by atoms with Crippen molar-refractivity contribution in [3.05, 3.63) is 55.0 Å². The number of carboxylic acid groups (broad SMARTS) is 1. The Kier molecular flexibility index (Phi) is 4.84. The van der Waals surface area contributed by atoms with E-state index >= 15 is 0 Å². The number of hydrogen-bond donors (Lipinski definition) is 2. The molecule has 2 N–H and O–H groups in total. The molecule has 25 heavy (non-hydrogen) atoms. The van der Waals surface area contributed by atoms with Gasteiger partial charge in [0.05, 0.1) is 12.8 Å². The lowest BCUT2D eigenvalue weighted by atomic mass is 10.1. The minimum absolute atomic E-state index is 0.483. The van der Waals surface area contributed by atoms with Gasteiger partial charge in [0.1, 0.15) is 5.69 Å². The molecule has 126 valence electrons. The number of carbonyl (C=O) groups is 1. The fraction of sp³-hybridized carbons (Fsp3) is 0.111. The van der Waals surface area contributed by atoms with Crippen LogP contribution in [0.15, 0.2) is 55.0 Å². The fourth-order valence-corrected chi connectivity index (χ4v) is 2.31. The molecule has 0 aliphatic carbocycles. The van der Waals surface area contributed by atoms with Crippen molar-refractivity contribution in [2.24, 2.45) is 0 Å². The average molecular weight is 336 g/mol. The molecule has 3 aromatic rings. The molecule has 1 amide bonds. The maximum absolute atomic E-state index is 10.7. The number of rotatable bonds is 5. The van der Waals surface area contributed by atoms with Gasteiger partial charge in [-0.05, 0) is 43.3 Å². The van der Waals surface area contributed by atoms with Gasteiger partial charge in [-0.2, -0.15) is 0 Å². The third-order valence-electron chi connectivity index (χ3n) is 3.40. The van der Waals surface area contributed by atoms with Crippen LogP contribution in [0.2, 0.25) is 0 Å². The summed E-state index contributed by atoms with van der Waals surface area (Å²) in [4.78, 5) is 23.7. The van der Waals surface area contributed by atoms with E-state index in [0.29, 0.717) is 29.6 Å². The zero-order chi connectivity index (χ0) is 17.6. The van der Waals surface area contributed by atoms with Gasteiger partial charge >= 0.3 is 6.09 Å². The summed E-state index contributed by atoms with van der Waals surface area (Å²) < 4.78 is 5.62. The second kappa shape index (κ2) is 7.39. The number of hydrogen-bond acceptors (Lipinski definition) is 5. The van der Waals surface area contributed by atoms with E-state index in [4.69, 9.17) is 9.84 Å². The molecule has 0 unspecified atom stereocenters. The first kappa shape index (κ1) is 16.4. The minimum atomic E-state index is -1.11. The van der Waals surface area contributed by atoms with E-state index in [-0.39, 0.29) is 0 Å². The summed E-state index contributed by atoms with van der Waals surface area (Å²) in [6.07, 6.45) is 3.92. The molecular formula is C18H16N4O3. The Hall–Kier alpha value is -3.48. The van der Waals surface area contributed by atoms with Gasteiger partial charge in [0.2, 0.25) is 0 Å². The molecule has 2 aromatic heterocycles. The molecule has 2 heterocycles. The smallest absolute Gasteiger partial charge is 0.409 e. The standard InChI is InChI=1S/C18H16N4O3/c1-2-25-15-11-20-17(22-16(15)12-7-9-19-10-8-12)13-3-5-14(6-4-13)21-18(23)24/h3-11,21H,2H2,1H3,(H,23,24). The molecule has 0 aliphatic rings. The Morgan fingerprint density at radius 3 is 2.48 bits per heavy atom. The maximum atomic E-state index is 10.7. The van der Waals surface area contributed by atoms with E-state index in [1.807, 2.05) is 19.1 Å². The van der Waals surface area contributed by atoms with E-state index in [1.54, 1.807) is 42.9 Å². The molecule has 0 spiro atoms. The Balaban J connectivity index is 1.98. The molecule has 0 aliphatic heterocycles. The van der Waals surface area contributed by atoms with Gasteiger partial charge in [-0.15, -0.1) is 0 Å². The summed E-state index contributed by atoms with van der Waals surface area (Å²) in [5, 5.41) is 11.0. The van der Waals surface area contributed by atoms with Crippen molar-refractivity contribution >= 4 is 11.8 Å². The van der Waals surface area contributed by atoms with Gasteiger partial charge in [0, 0.05) is 29.2 Å². The molecule has 7 nitrogen and oxygen atoms in total. The Morgan fingerprint density at radius 2 is 1.84 bits per heavy atom. The third kappa shape index (κ3) is 3.89. The van der Waals surface area contributed by atoms with Gasteiger partial charge < -0.3 is 9.84 Å². The monoisotopic (exact) mass is 336 g/mol. The van der Waals surface area contributed by atoms with E-state index in [9.17, 15) is 4.79 Å². The van der Waals surface area contributed by atoms with Crippen LogP contribution >= 0.6 is 0 Å². The second-order valence-electron chi connectivity index (χ2n) is 5.08. The van der Waals surface area contributed by atoms with Gasteiger partial charge in [-0.25, -0.2) is 14.8 Å². The molecule has 3 rings (SSSR count). The number of aromatic nitrogens is 3. The highest BCUT2D eigenvalue weighted by molar-refractivity contribution is 5.83. The van der Waals surface area contributed by atoms with Crippen molar-refractivity contribution in [3.63, 3.8) is 0 Å². The average Bonchev–Trinajstić information content (AvgIpc) is 2.63. The van der Waals surface area contributed by atoms with Gasteiger partial charge in [0.25, 0.3) is 0 Å². The number of anilines is 1. The van der Waals surface area contributed by atoms with Crippen molar-refractivity contribution < 1.29 is 14.6 Å². The maximum Gasteiger partial charge on any atom is 0.409 e. The zero-order valence-corrected chi connectivity index (χ0v) is 13.5. The lowest BCUT2D eigenvalue weighted by molar-refractivity contribution is 0.210. The van der Waals surface area contributed by atoms with Crippen molar-refractivity contribution in [3.8, 4) is 28.4 Å². The van der Waals surface area contributed by atoms with Crippen molar-refractivity contribution in [1.29, 1.82) is 0 Å². The molecule has 7 heteroatoms. The minimum Gasteiger partial charge on any atom is -0.490 e. The van der Waals surface area contributed by atoms with Crippen LogP contribution in [0.4, 0.5) is 10.5 Å². The lowest BCUT2D eigenvalue weighted by Gasteiger charge is -2.11. The van der Waals surface area contributed by atoms with Crippen LogP contribution in [0, 0.1) is 0 Å². The number of nitrogens with one attached hydrogen (secondary N) is 1. The first-order chi connectivity index (χ1) is 12.2. The van der Waals surface area contributed by atoms with Crippen LogP contribution in [-0.2, 0) is 0 Å². The number of pyridine rings is 1. The first-order valence-electron chi connectivity index (χ1n) is 7.68. The Morgan fingerprint density at radius 1 is 1.12 bits per heavy atom. The first-order valence-corrected chi connectivity index (χ1v) is 7.68. The Bertz CT molecular complexity index is 867. The summed E-state index contributed by atoms with van der Waals surface area (Å²) in [5.41, 5.74) is 2.82. The Labute approximate surface area is 144 Å². The molecular weight excluding hydrogens is 320 g/mol. The number of benzene rings is 1. The van der Waals surface area contributed by atoms with Gasteiger partial charge in [-0.3, -0.25) is 10.3 Å². The lowest BCUT2D eigenvalue weighted by Crippen LogP contribution is -2.06. The third-order valence-corrected chi connectivity index (χ3v) is 3.40. The highest BCUT2D eigenvalue weighted by atomic mass is 16.5. The van der Waals surface area contributed by atoms with Crippen molar-refractivity contribution in [2.75, 3.05) is 11.9 Å². The summed E-state index contributed by atoms with van der Waals surface area (Å²) in [7, 11) is 0. The quantitative estimate of drug-likeness (QED) is 0.737. The van der Waals surface area contributed by atoms with Crippen LogP contribution in [0.1, 0.15) is 6.92 Å². The molecule has 0 saturated carbocycles. The molecule has 0 bridgehead atoms. The van der Waals surface area contributed by atoms with Crippen molar-refractivity contribution in [1.82, 2.24) is 15.0 Å². The van der Waals surface area contributed by atoms with Crippen LogP contribution < -0.4 is 10.1 Å². The SMILES string of the molecule is CCOc1cnc(-c2ccc(NC(=O)O)cc2)nc1-c1ccncc1. The van der Waals surface area contributed by atoms with Gasteiger partial charge in [-0.1, -0.05) is 0 Å². The van der Waals surface area contributed by atoms with Crippen LogP contribution in [-0.4, -0.2) is 32.8 Å².